The van der Waals surface area contributed by atoms with Crippen molar-refractivity contribution in [2.24, 2.45) is 0 Å². The van der Waals surface area contributed by atoms with Crippen molar-refractivity contribution in [3.8, 4) is 5.69 Å². The molecule has 1 aliphatic rings. The summed E-state index contributed by atoms with van der Waals surface area (Å²) in [6, 6.07) is 18.1. The summed E-state index contributed by atoms with van der Waals surface area (Å²) in [5, 5.41) is 3.87. The molecule has 0 bridgehead atoms. The summed E-state index contributed by atoms with van der Waals surface area (Å²) >= 11 is 5.72. The quantitative estimate of drug-likeness (QED) is 0.439. The molecule has 0 unspecified atom stereocenters. The Hall–Kier alpha value is -3.58. The molecule has 5 rings (SSSR count). The highest BCUT2D eigenvalue weighted by atomic mass is 32.1. The van der Waals surface area contributed by atoms with E-state index in [0.717, 1.165) is 28.3 Å². The van der Waals surface area contributed by atoms with E-state index >= 15 is 0 Å². The number of nitrogens with zero attached hydrogens (tertiary/aromatic N) is 4. The number of anilines is 1. The van der Waals surface area contributed by atoms with Gasteiger partial charge in [-0.3, -0.25) is 9.97 Å². The highest BCUT2D eigenvalue weighted by Gasteiger charge is 2.43. The summed E-state index contributed by atoms with van der Waals surface area (Å²) in [7, 11) is 0. The number of benzene rings is 1. The van der Waals surface area contributed by atoms with Crippen molar-refractivity contribution in [2.75, 3.05) is 4.90 Å². The molecular weight excluding hydrogens is 421 g/mol. The fraction of sp³-hybridized carbons (Fsp3) is 0.160. The lowest BCUT2D eigenvalue weighted by molar-refractivity contribution is 0.556. The van der Waals surface area contributed by atoms with Gasteiger partial charge in [-0.25, -0.2) is 4.39 Å². The van der Waals surface area contributed by atoms with Crippen molar-refractivity contribution in [2.45, 2.75) is 25.9 Å². The average molecular weight is 444 g/mol. The van der Waals surface area contributed by atoms with Crippen LogP contribution in [-0.4, -0.2) is 19.6 Å². The maximum absolute atomic E-state index is 14.9. The van der Waals surface area contributed by atoms with Gasteiger partial charge in [0.2, 0.25) is 0 Å². The number of thiocarbonyl (C=S) groups is 1. The van der Waals surface area contributed by atoms with Crippen molar-refractivity contribution in [3.05, 3.63) is 108 Å². The molecule has 2 atom stereocenters. The number of aryl methyl sites for hydroxylation is 1. The van der Waals surface area contributed by atoms with E-state index in [1.54, 1.807) is 24.5 Å². The second-order valence-electron chi connectivity index (χ2n) is 7.82. The van der Waals surface area contributed by atoms with E-state index in [1.807, 2.05) is 47.5 Å². The van der Waals surface area contributed by atoms with Crippen molar-refractivity contribution >= 4 is 23.0 Å². The van der Waals surface area contributed by atoms with Gasteiger partial charge in [0.25, 0.3) is 0 Å². The third-order valence-electron chi connectivity index (χ3n) is 5.90. The van der Waals surface area contributed by atoms with Crippen LogP contribution in [0.25, 0.3) is 5.69 Å². The largest absolute Gasteiger partial charge is 0.351 e. The van der Waals surface area contributed by atoms with Crippen LogP contribution in [0.4, 0.5) is 10.1 Å². The Labute approximate surface area is 191 Å². The first-order valence-corrected chi connectivity index (χ1v) is 10.8. The minimum atomic E-state index is -0.315. The summed E-state index contributed by atoms with van der Waals surface area (Å²) in [5.74, 6) is -0.315. The van der Waals surface area contributed by atoms with Crippen LogP contribution in [0.3, 0.4) is 0 Å². The van der Waals surface area contributed by atoms with Gasteiger partial charge in [-0.05, 0) is 74.1 Å². The third-order valence-corrected chi connectivity index (χ3v) is 6.22. The molecule has 0 radical (unpaired) electrons. The molecule has 5 nitrogen and oxygen atoms in total. The lowest BCUT2D eigenvalue weighted by Crippen LogP contribution is -2.30. The molecule has 1 saturated heterocycles. The topological polar surface area (TPSA) is 46.0 Å². The van der Waals surface area contributed by atoms with Crippen molar-refractivity contribution in [3.63, 3.8) is 0 Å². The highest BCUT2D eigenvalue weighted by molar-refractivity contribution is 7.80. The number of halogens is 1. The van der Waals surface area contributed by atoms with Gasteiger partial charge in [0.15, 0.2) is 5.11 Å². The number of hydrogen-bond donors (Lipinski definition) is 1. The summed E-state index contributed by atoms with van der Waals surface area (Å²) < 4.78 is 17.1. The first-order chi connectivity index (χ1) is 15.6. The Morgan fingerprint density at radius 1 is 1.00 bits per heavy atom. The molecule has 1 aromatic carbocycles. The molecule has 0 spiro atoms. The monoisotopic (exact) mass is 443 g/mol. The second-order valence-corrected chi connectivity index (χ2v) is 8.21. The Kier molecular flexibility index (Phi) is 5.19. The molecule has 1 N–H and O–H groups in total. The van der Waals surface area contributed by atoms with E-state index in [-0.39, 0.29) is 17.9 Å². The van der Waals surface area contributed by atoms with E-state index in [0.29, 0.717) is 10.8 Å². The van der Waals surface area contributed by atoms with Crippen LogP contribution in [0.1, 0.15) is 34.7 Å². The minimum absolute atomic E-state index is 0.230. The lowest BCUT2D eigenvalue weighted by Gasteiger charge is -2.28. The molecule has 32 heavy (non-hydrogen) atoms. The fourth-order valence-electron chi connectivity index (χ4n) is 4.55. The Morgan fingerprint density at radius 3 is 2.53 bits per heavy atom. The van der Waals surface area contributed by atoms with Crippen LogP contribution in [0.5, 0.6) is 0 Å². The van der Waals surface area contributed by atoms with Crippen LogP contribution in [0, 0.1) is 19.7 Å². The summed E-state index contributed by atoms with van der Waals surface area (Å²) in [6.07, 6.45) is 5.36. The predicted octanol–water partition coefficient (Wildman–Crippen LogP) is 5.20. The lowest BCUT2D eigenvalue weighted by atomic mass is 9.96. The summed E-state index contributed by atoms with van der Waals surface area (Å²) in [5.41, 5.74) is 5.45. The van der Waals surface area contributed by atoms with Gasteiger partial charge in [-0.1, -0.05) is 18.2 Å². The van der Waals surface area contributed by atoms with Crippen LogP contribution >= 0.6 is 12.2 Å². The fourth-order valence-corrected chi connectivity index (χ4v) is 4.89. The zero-order valence-electron chi connectivity index (χ0n) is 17.7. The van der Waals surface area contributed by atoms with Crippen LogP contribution in [-0.2, 0) is 0 Å². The van der Waals surface area contributed by atoms with Gasteiger partial charge in [-0.2, -0.15) is 0 Å². The molecule has 7 heteroatoms. The van der Waals surface area contributed by atoms with E-state index in [2.05, 4.69) is 39.8 Å². The molecule has 1 aliphatic heterocycles. The maximum Gasteiger partial charge on any atom is 0.174 e. The average Bonchev–Trinajstić information content (AvgIpc) is 3.30. The number of hydrogen-bond acceptors (Lipinski definition) is 3. The summed E-state index contributed by atoms with van der Waals surface area (Å²) in [4.78, 5) is 10.7. The van der Waals surface area contributed by atoms with E-state index < -0.39 is 0 Å². The Balaban J connectivity index is 1.70. The molecule has 1 fully saturated rings. The first-order valence-electron chi connectivity index (χ1n) is 10.4. The van der Waals surface area contributed by atoms with Crippen molar-refractivity contribution < 1.29 is 4.39 Å². The number of nitrogens with one attached hydrogen (secondary N) is 1. The first kappa shape index (κ1) is 20.3. The Bertz CT molecular complexity index is 1270. The Morgan fingerprint density at radius 2 is 1.81 bits per heavy atom. The predicted molar refractivity (Wildman–Crippen MR) is 127 cm³/mol. The molecule has 0 aliphatic carbocycles. The van der Waals surface area contributed by atoms with Gasteiger partial charge in [0, 0.05) is 23.8 Å². The summed E-state index contributed by atoms with van der Waals surface area (Å²) in [6.45, 7) is 4.14. The van der Waals surface area contributed by atoms with Crippen LogP contribution in [0.2, 0.25) is 0 Å². The SMILES string of the molecule is Cc1cc([C@@H]2[C@H](c3ccccn3)NC(=S)N2c2ccccc2F)c(C)n1-c1cccnc1. The molecular formula is C25H22FN5S. The van der Waals surface area contributed by atoms with Crippen molar-refractivity contribution in [1.82, 2.24) is 19.9 Å². The number of para-hydroxylation sites is 1. The molecule has 4 heterocycles. The number of pyridine rings is 2. The molecule has 3 aromatic heterocycles. The third kappa shape index (κ3) is 3.35. The number of aromatic nitrogens is 3. The molecule has 0 amide bonds. The van der Waals surface area contributed by atoms with E-state index in [9.17, 15) is 4.39 Å². The second kappa shape index (κ2) is 8.16. The van der Waals surface area contributed by atoms with Gasteiger partial charge in [0.05, 0.1) is 35.3 Å². The maximum atomic E-state index is 14.9. The normalized spacial score (nSPS) is 18.1. The minimum Gasteiger partial charge on any atom is -0.351 e. The highest BCUT2D eigenvalue weighted by Crippen LogP contribution is 2.44. The van der Waals surface area contributed by atoms with Gasteiger partial charge >= 0.3 is 0 Å². The molecule has 4 aromatic rings. The number of rotatable bonds is 4. The van der Waals surface area contributed by atoms with Crippen molar-refractivity contribution in [1.29, 1.82) is 0 Å². The van der Waals surface area contributed by atoms with E-state index in [4.69, 9.17) is 12.2 Å². The van der Waals surface area contributed by atoms with E-state index in [1.165, 1.54) is 6.07 Å². The van der Waals surface area contributed by atoms with Crippen LogP contribution in [0.15, 0.2) is 79.3 Å². The molecule has 0 saturated carbocycles. The van der Waals surface area contributed by atoms with Crippen LogP contribution < -0.4 is 10.2 Å². The molecule has 160 valence electrons. The smallest absolute Gasteiger partial charge is 0.174 e. The van der Waals surface area contributed by atoms with Gasteiger partial charge in [-0.15, -0.1) is 0 Å². The zero-order chi connectivity index (χ0) is 22.2. The standard InChI is InChI=1S/C25H22FN5S/c1-16-14-19(17(2)30(16)18-8-7-12-27-15-18)24-23(21-10-5-6-13-28-21)29-25(32)31(24)22-11-4-3-9-20(22)26/h3-15,23-24H,1-2H3,(H,29,32)/t23-,24+/m0/s1. The zero-order valence-corrected chi connectivity index (χ0v) is 18.6. The van der Waals surface area contributed by atoms with Gasteiger partial charge < -0.3 is 14.8 Å². The van der Waals surface area contributed by atoms with Gasteiger partial charge in [0.1, 0.15) is 5.82 Å².